The number of aryl methyl sites for hydroxylation is 1. The molecule has 0 bridgehead atoms. The number of carboxylic acid groups (broad SMARTS) is 1. The van der Waals surface area contributed by atoms with E-state index in [4.69, 9.17) is 5.11 Å². The summed E-state index contributed by atoms with van der Waals surface area (Å²) in [5, 5.41) is 8.46. The SMILES string of the molecule is O=C(O)CCCCCCc1ccc(Br)cn1. The molecule has 0 aromatic carbocycles. The summed E-state index contributed by atoms with van der Waals surface area (Å²) < 4.78 is 0.998. The lowest BCUT2D eigenvalue weighted by molar-refractivity contribution is -0.137. The molecular weight excluding hydrogens is 270 g/mol. The Labute approximate surface area is 104 Å². The zero-order chi connectivity index (χ0) is 11.8. The number of nitrogens with zero attached hydrogens (tertiary/aromatic N) is 1. The average molecular weight is 286 g/mol. The number of rotatable bonds is 7. The fourth-order valence-electron chi connectivity index (χ4n) is 1.49. The highest BCUT2D eigenvalue weighted by Gasteiger charge is 1.98. The van der Waals surface area contributed by atoms with E-state index in [-0.39, 0.29) is 6.42 Å². The Morgan fingerprint density at radius 3 is 2.62 bits per heavy atom. The summed E-state index contributed by atoms with van der Waals surface area (Å²) in [6.45, 7) is 0. The van der Waals surface area contributed by atoms with Gasteiger partial charge in [0.05, 0.1) is 0 Å². The minimum atomic E-state index is -0.699. The number of aliphatic carboxylic acids is 1. The first-order valence-corrected chi connectivity index (χ1v) is 6.30. The lowest BCUT2D eigenvalue weighted by Crippen LogP contribution is -1.94. The molecular formula is C12H16BrNO2. The van der Waals surface area contributed by atoms with Gasteiger partial charge in [-0.1, -0.05) is 12.8 Å². The normalized spacial score (nSPS) is 10.3. The number of halogens is 1. The van der Waals surface area contributed by atoms with Crippen LogP contribution in [0.2, 0.25) is 0 Å². The van der Waals surface area contributed by atoms with Crippen molar-refractivity contribution in [3.8, 4) is 0 Å². The first kappa shape index (κ1) is 13.2. The van der Waals surface area contributed by atoms with Gasteiger partial charge in [-0.05, 0) is 47.3 Å². The van der Waals surface area contributed by atoms with Gasteiger partial charge in [-0.15, -0.1) is 0 Å². The molecule has 0 saturated heterocycles. The number of carbonyl (C=O) groups is 1. The Bertz CT molecular complexity index is 324. The Hall–Kier alpha value is -0.900. The Balaban J connectivity index is 2.07. The van der Waals surface area contributed by atoms with E-state index in [2.05, 4.69) is 20.9 Å². The second-order valence-electron chi connectivity index (χ2n) is 3.78. The van der Waals surface area contributed by atoms with Crippen molar-refractivity contribution in [2.75, 3.05) is 0 Å². The molecule has 0 fully saturated rings. The van der Waals surface area contributed by atoms with Crippen LogP contribution in [-0.2, 0) is 11.2 Å². The maximum absolute atomic E-state index is 10.3. The second kappa shape index (κ2) is 7.39. The minimum Gasteiger partial charge on any atom is -0.481 e. The van der Waals surface area contributed by atoms with Crippen molar-refractivity contribution < 1.29 is 9.90 Å². The van der Waals surface area contributed by atoms with Crippen LogP contribution in [0.5, 0.6) is 0 Å². The molecule has 0 radical (unpaired) electrons. The van der Waals surface area contributed by atoms with Crippen LogP contribution in [0.15, 0.2) is 22.8 Å². The summed E-state index contributed by atoms with van der Waals surface area (Å²) in [5.74, 6) is -0.699. The Morgan fingerprint density at radius 1 is 1.25 bits per heavy atom. The zero-order valence-corrected chi connectivity index (χ0v) is 10.7. The highest BCUT2D eigenvalue weighted by Crippen LogP contribution is 2.10. The second-order valence-corrected chi connectivity index (χ2v) is 4.69. The van der Waals surface area contributed by atoms with Gasteiger partial charge in [-0.3, -0.25) is 9.78 Å². The Morgan fingerprint density at radius 2 is 2.00 bits per heavy atom. The predicted molar refractivity (Wildman–Crippen MR) is 66.4 cm³/mol. The fraction of sp³-hybridized carbons (Fsp3) is 0.500. The number of aromatic nitrogens is 1. The van der Waals surface area contributed by atoms with Gasteiger partial charge in [0.2, 0.25) is 0 Å². The number of carboxylic acids is 1. The smallest absolute Gasteiger partial charge is 0.303 e. The van der Waals surface area contributed by atoms with Gasteiger partial charge in [0.25, 0.3) is 0 Å². The lowest BCUT2D eigenvalue weighted by atomic mass is 10.1. The van der Waals surface area contributed by atoms with E-state index in [0.717, 1.165) is 42.3 Å². The van der Waals surface area contributed by atoms with Crippen LogP contribution < -0.4 is 0 Å². The van der Waals surface area contributed by atoms with E-state index in [1.54, 1.807) is 6.20 Å². The molecule has 0 saturated carbocycles. The largest absolute Gasteiger partial charge is 0.481 e. The van der Waals surface area contributed by atoms with Crippen molar-refractivity contribution in [1.29, 1.82) is 0 Å². The lowest BCUT2D eigenvalue weighted by Gasteiger charge is -2.00. The van der Waals surface area contributed by atoms with E-state index in [1.807, 2.05) is 12.1 Å². The van der Waals surface area contributed by atoms with Gasteiger partial charge in [0.15, 0.2) is 0 Å². The average Bonchev–Trinajstić information content (AvgIpc) is 2.25. The predicted octanol–water partition coefficient (Wildman–Crippen LogP) is 3.42. The molecule has 0 unspecified atom stereocenters. The van der Waals surface area contributed by atoms with Crippen molar-refractivity contribution in [3.05, 3.63) is 28.5 Å². The molecule has 1 rings (SSSR count). The standard InChI is InChI=1S/C12H16BrNO2/c13-10-7-8-11(14-9-10)5-3-1-2-4-6-12(15)16/h7-9H,1-6H2,(H,15,16). The maximum Gasteiger partial charge on any atom is 0.303 e. The van der Waals surface area contributed by atoms with Crippen molar-refractivity contribution >= 4 is 21.9 Å². The summed E-state index contributed by atoms with van der Waals surface area (Å²) in [4.78, 5) is 14.6. The van der Waals surface area contributed by atoms with Crippen LogP contribution >= 0.6 is 15.9 Å². The quantitative estimate of drug-likeness (QED) is 0.781. The van der Waals surface area contributed by atoms with E-state index in [9.17, 15) is 4.79 Å². The van der Waals surface area contributed by atoms with Gasteiger partial charge in [0.1, 0.15) is 0 Å². The molecule has 1 aromatic heterocycles. The molecule has 0 atom stereocenters. The summed E-state index contributed by atoms with van der Waals surface area (Å²) >= 11 is 3.34. The van der Waals surface area contributed by atoms with E-state index >= 15 is 0 Å². The van der Waals surface area contributed by atoms with Crippen molar-refractivity contribution in [1.82, 2.24) is 4.98 Å². The molecule has 1 heterocycles. The third kappa shape index (κ3) is 5.85. The topological polar surface area (TPSA) is 50.2 Å². The van der Waals surface area contributed by atoms with Crippen molar-refractivity contribution in [3.63, 3.8) is 0 Å². The molecule has 3 nitrogen and oxygen atoms in total. The fourth-order valence-corrected chi connectivity index (χ4v) is 1.72. The molecule has 1 aromatic rings. The van der Waals surface area contributed by atoms with Gasteiger partial charge in [-0.2, -0.15) is 0 Å². The first-order valence-electron chi connectivity index (χ1n) is 5.50. The number of hydrogen-bond acceptors (Lipinski definition) is 2. The van der Waals surface area contributed by atoms with Crippen LogP contribution in [0.3, 0.4) is 0 Å². The summed E-state index contributed by atoms with van der Waals surface area (Å²) in [5.41, 5.74) is 1.10. The highest BCUT2D eigenvalue weighted by molar-refractivity contribution is 9.10. The number of hydrogen-bond donors (Lipinski definition) is 1. The molecule has 1 N–H and O–H groups in total. The van der Waals surface area contributed by atoms with Gasteiger partial charge in [0, 0.05) is 22.8 Å². The van der Waals surface area contributed by atoms with Crippen LogP contribution in [-0.4, -0.2) is 16.1 Å². The molecule has 0 aliphatic heterocycles. The molecule has 0 aliphatic rings. The summed E-state index contributed by atoms with van der Waals surface area (Å²) in [6, 6.07) is 4.01. The molecule has 88 valence electrons. The third-order valence-electron chi connectivity index (χ3n) is 2.36. The van der Waals surface area contributed by atoms with Crippen LogP contribution in [0.4, 0.5) is 0 Å². The molecule has 0 aliphatic carbocycles. The number of pyridine rings is 1. The van der Waals surface area contributed by atoms with E-state index in [0.29, 0.717) is 0 Å². The number of unbranched alkanes of at least 4 members (excludes halogenated alkanes) is 3. The summed E-state index contributed by atoms with van der Waals surface area (Å²) in [6.07, 6.45) is 6.99. The Kier molecular flexibility index (Phi) is 6.08. The van der Waals surface area contributed by atoms with E-state index in [1.165, 1.54) is 0 Å². The van der Waals surface area contributed by atoms with Gasteiger partial charge >= 0.3 is 5.97 Å². The first-order chi connectivity index (χ1) is 7.68. The van der Waals surface area contributed by atoms with Crippen LogP contribution in [0, 0.1) is 0 Å². The maximum atomic E-state index is 10.3. The molecule has 0 amide bonds. The van der Waals surface area contributed by atoms with Crippen LogP contribution in [0.25, 0.3) is 0 Å². The molecule has 0 spiro atoms. The van der Waals surface area contributed by atoms with E-state index < -0.39 is 5.97 Å². The van der Waals surface area contributed by atoms with Crippen LogP contribution in [0.1, 0.15) is 37.8 Å². The highest BCUT2D eigenvalue weighted by atomic mass is 79.9. The van der Waals surface area contributed by atoms with Gasteiger partial charge in [-0.25, -0.2) is 0 Å². The monoisotopic (exact) mass is 285 g/mol. The van der Waals surface area contributed by atoms with Gasteiger partial charge < -0.3 is 5.11 Å². The van der Waals surface area contributed by atoms with Crippen molar-refractivity contribution in [2.24, 2.45) is 0 Å². The summed E-state index contributed by atoms with van der Waals surface area (Å²) in [7, 11) is 0. The molecule has 16 heavy (non-hydrogen) atoms. The zero-order valence-electron chi connectivity index (χ0n) is 9.16. The minimum absolute atomic E-state index is 0.288. The molecule has 4 heteroatoms. The third-order valence-corrected chi connectivity index (χ3v) is 2.83. The van der Waals surface area contributed by atoms with Crippen molar-refractivity contribution in [2.45, 2.75) is 38.5 Å².